The van der Waals surface area contributed by atoms with Crippen molar-refractivity contribution >= 4 is 23.3 Å². The van der Waals surface area contributed by atoms with Crippen LogP contribution < -0.4 is 5.32 Å². The molecule has 0 saturated carbocycles. The summed E-state index contributed by atoms with van der Waals surface area (Å²) >= 11 is 0. The Morgan fingerprint density at radius 3 is 2.54 bits per heavy atom. The summed E-state index contributed by atoms with van der Waals surface area (Å²) in [5, 5.41) is 31.8. The Kier molecular flexibility index (Phi) is 9.23. The molecule has 1 aliphatic rings. The molecule has 0 aromatic heterocycles. The quantitative estimate of drug-likeness (QED) is 0.355. The van der Waals surface area contributed by atoms with Crippen LogP contribution >= 0.6 is 0 Å². The molecule has 1 aliphatic carbocycles. The van der Waals surface area contributed by atoms with Crippen LogP contribution in [0, 0.1) is 18.2 Å². The molecule has 0 saturated heterocycles. The Labute approximate surface area is 216 Å². The molecule has 4 N–H and O–H groups in total. The van der Waals surface area contributed by atoms with E-state index in [0.29, 0.717) is 24.1 Å². The molecule has 0 bridgehead atoms. The molecule has 3 atom stereocenters. The Hall–Kier alpha value is -3.49. The summed E-state index contributed by atoms with van der Waals surface area (Å²) in [7, 11) is 0. The topological polar surface area (TPSA) is 116 Å². The summed E-state index contributed by atoms with van der Waals surface area (Å²) in [6, 6.07) is 13.8. The van der Waals surface area contributed by atoms with E-state index in [0.717, 1.165) is 16.7 Å². The largest absolute Gasteiger partial charge is 0.481 e. The van der Waals surface area contributed by atoms with Crippen molar-refractivity contribution in [2.45, 2.75) is 64.8 Å². The first kappa shape index (κ1) is 28.1. The van der Waals surface area contributed by atoms with Crippen LogP contribution in [-0.2, 0) is 9.53 Å². The zero-order valence-electron chi connectivity index (χ0n) is 21.3. The number of hydrogen-bond donors (Lipinski definition) is 4. The SMILES string of the molecule is Cc1cc(C2=C(/C=C/[C@@H](O)C[C@@H](O)CC(=O)O)C(C)(C)C[C@H](OC(=O)Nc3ccccc3)C2)ccc1F. The third-order valence-electron chi connectivity index (χ3n) is 6.43. The number of carboxylic acids is 1. The Balaban J connectivity index is 1.88. The lowest BCUT2D eigenvalue weighted by Crippen LogP contribution is -2.33. The number of carboxylic acid groups (broad SMARTS) is 1. The van der Waals surface area contributed by atoms with Gasteiger partial charge in [-0.25, -0.2) is 9.18 Å². The number of carbonyl (C=O) groups is 2. The second-order valence-electron chi connectivity index (χ2n) is 10.1. The van der Waals surface area contributed by atoms with Crippen LogP contribution in [0.15, 0.2) is 66.3 Å². The van der Waals surface area contributed by atoms with E-state index < -0.39 is 42.2 Å². The fourth-order valence-corrected chi connectivity index (χ4v) is 4.68. The van der Waals surface area contributed by atoms with Crippen molar-refractivity contribution in [1.29, 1.82) is 0 Å². The molecule has 0 fully saturated rings. The number of benzene rings is 2. The Morgan fingerprint density at radius 1 is 1.19 bits per heavy atom. The lowest BCUT2D eigenvalue weighted by molar-refractivity contribution is -0.139. The fraction of sp³-hybridized carbons (Fsp3) is 0.379. The van der Waals surface area contributed by atoms with Gasteiger partial charge < -0.3 is 20.1 Å². The highest BCUT2D eigenvalue weighted by Gasteiger charge is 2.36. The molecular weight excluding hydrogens is 477 g/mol. The summed E-state index contributed by atoms with van der Waals surface area (Å²) < 4.78 is 19.8. The van der Waals surface area contributed by atoms with Crippen molar-refractivity contribution in [3.05, 3.63) is 83.2 Å². The highest BCUT2D eigenvalue weighted by molar-refractivity contribution is 5.85. The van der Waals surface area contributed by atoms with Gasteiger partial charge in [-0.15, -0.1) is 0 Å². The average Bonchev–Trinajstić information content (AvgIpc) is 2.79. The molecule has 198 valence electrons. The predicted molar refractivity (Wildman–Crippen MR) is 139 cm³/mol. The lowest BCUT2D eigenvalue weighted by atomic mass is 9.69. The minimum atomic E-state index is -1.18. The zero-order valence-corrected chi connectivity index (χ0v) is 21.3. The van der Waals surface area contributed by atoms with E-state index in [4.69, 9.17) is 9.84 Å². The van der Waals surface area contributed by atoms with Crippen molar-refractivity contribution in [3.8, 4) is 0 Å². The van der Waals surface area contributed by atoms with Gasteiger partial charge in [0.05, 0.1) is 18.6 Å². The van der Waals surface area contributed by atoms with Crippen molar-refractivity contribution in [2.75, 3.05) is 5.32 Å². The maximum Gasteiger partial charge on any atom is 0.411 e. The van der Waals surface area contributed by atoms with Crippen LogP contribution in [0.2, 0.25) is 0 Å². The van der Waals surface area contributed by atoms with Gasteiger partial charge in [0.15, 0.2) is 0 Å². The second-order valence-corrected chi connectivity index (χ2v) is 10.1. The number of anilines is 1. The number of rotatable bonds is 9. The van der Waals surface area contributed by atoms with Crippen molar-refractivity contribution in [3.63, 3.8) is 0 Å². The highest BCUT2D eigenvalue weighted by Crippen LogP contribution is 2.46. The van der Waals surface area contributed by atoms with Crippen LogP contribution in [0.25, 0.3) is 5.57 Å². The molecule has 0 aliphatic heterocycles. The van der Waals surface area contributed by atoms with Crippen molar-refractivity contribution < 1.29 is 34.0 Å². The van der Waals surface area contributed by atoms with E-state index >= 15 is 0 Å². The number of carbonyl (C=O) groups excluding carboxylic acids is 1. The third-order valence-corrected chi connectivity index (χ3v) is 6.43. The smallest absolute Gasteiger partial charge is 0.411 e. The van der Waals surface area contributed by atoms with Gasteiger partial charge in [-0.2, -0.15) is 0 Å². The number of amides is 1. The van der Waals surface area contributed by atoms with Gasteiger partial charge in [0.2, 0.25) is 0 Å². The van der Waals surface area contributed by atoms with E-state index in [-0.39, 0.29) is 12.2 Å². The number of aryl methyl sites for hydroxylation is 1. The molecule has 0 unspecified atom stereocenters. The van der Waals surface area contributed by atoms with E-state index in [2.05, 4.69) is 5.32 Å². The van der Waals surface area contributed by atoms with Gasteiger partial charge in [-0.1, -0.05) is 50.3 Å². The first-order valence-electron chi connectivity index (χ1n) is 12.2. The minimum absolute atomic E-state index is 0.118. The molecule has 7 nitrogen and oxygen atoms in total. The molecule has 1 amide bonds. The minimum Gasteiger partial charge on any atom is -0.481 e. The first-order chi connectivity index (χ1) is 17.4. The number of aliphatic hydroxyl groups excluding tert-OH is 2. The van der Waals surface area contributed by atoms with Crippen molar-refractivity contribution in [2.24, 2.45) is 5.41 Å². The summed E-state index contributed by atoms with van der Waals surface area (Å²) in [4.78, 5) is 23.4. The predicted octanol–water partition coefficient (Wildman–Crippen LogP) is 5.47. The maximum absolute atomic E-state index is 14.0. The van der Waals surface area contributed by atoms with E-state index in [1.807, 2.05) is 32.0 Å². The molecule has 37 heavy (non-hydrogen) atoms. The van der Waals surface area contributed by atoms with Crippen LogP contribution in [0.4, 0.5) is 14.9 Å². The van der Waals surface area contributed by atoms with Gasteiger partial charge in [0, 0.05) is 18.5 Å². The average molecular weight is 512 g/mol. The maximum atomic E-state index is 14.0. The Bertz CT molecular complexity index is 1170. The van der Waals surface area contributed by atoms with Gasteiger partial charge >= 0.3 is 12.1 Å². The number of para-hydroxylation sites is 1. The molecule has 0 heterocycles. The van der Waals surface area contributed by atoms with Gasteiger partial charge in [-0.05, 0) is 65.3 Å². The standard InChI is InChI=1S/C29H34FNO6/c1-18-13-19(9-12-26(18)30)24-16-23(37-28(36)31-20-7-5-4-6-8-20)17-29(2,3)25(24)11-10-21(32)14-22(33)15-27(34)35/h4-13,21-23,32-33H,14-17H2,1-3H3,(H,31,36)(H,34,35)/b11-10+/t21-,22-,23-/m1/s1. The molecular formula is C29H34FNO6. The van der Waals surface area contributed by atoms with Crippen LogP contribution in [0.3, 0.4) is 0 Å². The summed E-state index contributed by atoms with van der Waals surface area (Å²) in [6.07, 6.45) is 0.376. The molecule has 8 heteroatoms. The van der Waals surface area contributed by atoms with Crippen molar-refractivity contribution in [1.82, 2.24) is 0 Å². The number of hydrogen-bond acceptors (Lipinski definition) is 5. The van der Waals surface area contributed by atoms with E-state index in [9.17, 15) is 24.2 Å². The molecule has 0 spiro atoms. The van der Waals surface area contributed by atoms with Crippen LogP contribution in [0.1, 0.15) is 50.7 Å². The molecule has 2 aromatic carbocycles. The number of ether oxygens (including phenoxy) is 1. The van der Waals surface area contributed by atoms with Gasteiger partial charge in [-0.3, -0.25) is 10.1 Å². The fourth-order valence-electron chi connectivity index (χ4n) is 4.68. The summed E-state index contributed by atoms with van der Waals surface area (Å²) in [5.74, 6) is -1.47. The normalized spacial score (nSPS) is 18.9. The number of aliphatic carboxylic acids is 1. The van der Waals surface area contributed by atoms with Gasteiger partial charge in [0.1, 0.15) is 11.9 Å². The Morgan fingerprint density at radius 2 is 1.89 bits per heavy atom. The molecule has 2 aromatic rings. The van der Waals surface area contributed by atoms with Crippen LogP contribution in [0.5, 0.6) is 0 Å². The monoisotopic (exact) mass is 511 g/mol. The number of halogens is 1. The van der Waals surface area contributed by atoms with Crippen LogP contribution in [-0.4, -0.2) is 45.7 Å². The lowest BCUT2D eigenvalue weighted by Gasteiger charge is -2.38. The van der Waals surface area contributed by atoms with E-state index in [1.165, 1.54) is 12.1 Å². The molecule has 3 rings (SSSR count). The highest BCUT2D eigenvalue weighted by atomic mass is 19.1. The number of allylic oxidation sites excluding steroid dienone is 2. The summed E-state index contributed by atoms with van der Waals surface area (Å²) in [5.41, 5.74) is 3.13. The number of nitrogens with one attached hydrogen (secondary N) is 1. The first-order valence-corrected chi connectivity index (χ1v) is 12.2. The molecule has 0 radical (unpaired) electrons. The third kappa shape index (κ3) is 8.00. The number of aliphatic hydroxyl groups is 2. The van der Waals surface area contributed by atoms with E-state index in [1.54, 1.807) is 37.3 Å². The van der Waals surface area contributed by atoms with Gasteiger partial charge in [0.25, 0.3) is 0 Å². The summed E-state index contributed by atoms with van der Waals surface area (Å²) in [6.45, 7) is 5.68. The second kappa shape index (κ2) is 12.2. The zero-order chi connectivity index (χ0) is 27.2.